The van der Waals surface area contributed by atoms with Gasteiger partial charge in [0, 0.05) is 18.3 Å². The molecule has 0 spiro atoms. The maximum atomic E-state index is 10.9. The highest BCUT2D eigenvalue weighted by Crippen LogP contribution is 2.08. The Labute approximate surface area is 105 Å². The van der Waals surface area contributed by atoms with Crippen molar-refractivity contribution in [1.82, 2.24) is 4.98 Å². The van der Waals surface area contributed by atoms with E-state index >= 15 is 0 Å². The maximum Gasteiger partial charge on any atom is 0.306 e. The van der Waals surface area contributed by atoms with Crippen molar-refractivity contribution in [2.24, 2.45) is 11.7 Å². The lowest BCUT2D eigenvalue weighted by molar-refractivity contribution is -0.141. The van der Waals surface area contributed by atoms with Crippen molar-refractivity contribution in [3.63, 3.8) is 0 Å². The zero-order valence-corrected chi connectivity index (χ0v) is 10.2. The van der Waals surface area contributed by atoms with Crippen LogP contribution in [0.25, 0.3) is 0 Å². The molecule has 0 aromatic carbocycles. The van der Waals surface area contributed by atoms with Gasteiger partial charge in [-0.3, -0.25) is 9.59 Å². The highest BCUT2D eigenvalue weighted by molar-refractivity contribution is 5.93. The fourth-order valence-corrected chi connectivity index (χ4v) is 1.43. The number of anilines is 1. The molecule has 18 heavy (non-hydrogen) atoms. The maximum absolute atomic E-state index is 10.9. The van der Waals surface area contributed by atoms with Gasteiger partial charge in [-0.15, -0.1) is 0 Å². The van der Waals surface area contributed by atoms with Gasteiger partial charge in [-0.1, -0.05) is 6.92 Å². The normalized spacial score (nSPS) is 11.8. The van der Waals surface area contributed by atoms with Crippen molar-refractivity contribution >= 4 is 17.7 Å². The molecule has 6 nitrogen and oxygen atoms in total. The molecule has 0 bridgehead atoms. The van der Waals surface area contributed by atoms with E-state index in [4.69, 9.17) is 10.8 Å². The molecule has 0 aliphatic carbocycles. The standard InChI is InChI=1S/C12H17N3O3/c1-8(12(17)18)3-2-5-14-10-7-9(11(13)16)4-6-15-10/h4,6-8H,2-3,5H2,1H3,(H2,13,16)(H,14,15)(H,17,18). The molecule has 0 saturated heterocycles. The molecule has 1 heterocycles. The Bertz CT molecular complexity index is 434. The molecule has 1 aromatic rings. The molecule has 0 aliphatic rings. The highest BCUT2D eigenvalue weighted by atomic mass is 16.4. The van der Waals surface area contributed by atoms with Gasteiger partial charge >= 0.3 is 5.97 Å². The van der Waals surface area contributed by atoms with Gasteiger partial charge in [0.1, 0.15) is 5.82 Å². The van der Waals surface area contributed by atoms with Crippen molar-refractivity contribution in [3.8, 4) is 0 Å². The third-order valence-electron chi connectivity index (χ3n) is 2.59. The van der Waals surface area contributed by atoms with Crippen LogP contribution in [0.3, 0.4) is 0 Å². The molecule has 1 amide bonds. The lowest BCUT2D eigenvalue weighted by atomic mass is 10.1. The van der Waals surface area contributed by atoms with Gasteiger partial charge in [0.2, 0.25) is 5.91 Å². The third-order valence-corrected chi connectivity index (χ3v) is 2.59. The van der Waals surface area contributed by atoms with Crippen LogP contribution in [0.4, 0.5) is 5.82 Å². The topological polar surface area (TPSA) is 105 Å². The number of hydrogen-bond acceptors (Lipinski definition) is 4. The molecular formula is C12H17N3O3. The van der Waals surface area contributed by atoms with Crippen LogP contribution in [0.15, 0.2) is 18.3 Å². The largest absolute Gasteiger partial charge is 0.481 e. The van der Waals surface area contributed by atoms with Crippen LogP contribution >= 0.6 is 0 Å². The lowest BCUT2D eigenvalue weighted by Crippen LogP contribution is -2.13. The van der Waals surface area contributed by atoms with Crippen LogP contribution in [-0.4, -0.2) is 28.5 Å². The predicted molar refractivity (Wildman–Crippen MR) is 67.3 cm³/mol. The van der Waals surface area contributed by atoms with E-state index in [2.05, 4.69) is 10.3 Å². The second-order valence-electron chi connectivity index (χ2n) is 4.10. The number of hydrogen-bond donors (Lipinski definition) is 3. The Hall–Kier alpha value is -2.11. The number of carboxylic acid groups (broad SMARTS) is 1. The van der Waals surface area contributed by atoms with Gasteiger partial charge < -0.3 is 16.2 Å². The molecule has 0 saturated carbocycles. The monoisotopic (exact) mass is 251 g/mol. The molecule has 1 atom stereocenters. The fourth-order valence-electron chi connectivity index (χ4n) is 1.43. The van der Waals surface area contributed by atoms with Crippen LogP contribution in [0, 0.1) is 5.92 Å². The summed E-state index contributed by atoms with van der Waals surface area (Å²) >= 11 is 0. The average molecular weight is 251 g/mol. The van der Waals surface area contributed by atoms with Crippen LogP contribution in [0.5, 0.6) is 0 Å². The molecule has 1 aromatic heterocycles. The molecule has 0 fully saturated rings. The zero-order chi connectivity index (χ0) is 13.5. The second-order valence-corrected chi connectivity index (χ2v) is 4.10. The number of carbonyl (C=O) groups excluding carboxylic acids is 1. The minimum Gasteiger partial charge on any atom is -0.481 e. The fraction of sp³-hybridized carbons (Fsp3) is 0.417. The Kier molecular flexibility index (Phi) is 5.10. The first-order valence-corrected chi connectivity index (χ1v) is 5.73. The van der Waals surface area contributed by atoms with Gasteiger partial charge in [-0.05, 0) is 25.0 Å². The molecule has 0 aliphatic heterocycles. The first-order chi connectivity index (χ1) is 8.50. The summed E-state index contributed by atoms with van der Waals surface area (Å²) in [7, 11) is 0. The Morgan fingerprint density at radius 3 is 2.89 bits per heavy atom. The van der Waals surface area contributed by atoms with E-state index < -0.39 is 11.9 Å². The van der Waals surface area contributed by atoms with Gasteiger partial charge in [-0.2, -0.15) is 0 Å². The lowest BCUT2D eigenvalue weighted by Gasteiger charge is -2.08. The predicted octanol–water partition coefficient (Wildman–Crippen LogP) is 1.09. The number of nitrogens with two attached hydrogens (primary N) is 1. The van der Waals surface area contributed by atoms with E-state index in [0.717, 1.165) is 6.42 Å². The molecule has 1 rings (SSSR count). The summed E-state index contributed by atoms with van der Waals surface area (Å²) in [6, 6.07) is 3.11. The summed E-state index contributed by atoms with van der Waals surface area (Å²) in [6.07, 6.45) is 2.82. The number of pyridine rings is 1. The number of aliphatic carboxylic acids is 1. The molecular weight excluding hydrogens is 234 g/mol. The van der Waals surface area contributed by atoms with Crippen LogP contribution in [0.2, 0.25) is 0 Å². The quantitative estimate of drug-likeness (QED) is 0.629. The molecule has 4 N–H and O–H groups in total. The summed E-state index contributed by atoms with van der Waals surface area (Å²) in [5.74, 6) is -1.07. The minimum absolute atomic E-state index is 0.350. The summed E-state index contributed by atoms with van der Waals surface area (Å²) in [4.78, 5) is 25.6. The number of rotatable bonds is 7. The van der Waals surface area contributed by atoms with E-state index in [9.17, 15) is 9.59 Å². The smallest absolute Gasteiger partial charge is 0.306 e. The van der Waals surface area contributed by atoms with Crippen LogP contribution < -0.4 is 11.1 Å². The number of carbonyl (C=O) groups is 2. The van der Waals surface area contributed by atoms with E-state index in [1.807, 2.05) is 0 Å². The Morgan fingerprint density at radius 1 is 1.56 bits per heavy atom. The van der Waals surface area contributed by atoms with Crippen molar-refractivity contribution in [2.75, 3.05) is 11.9 Å². The number of nitrogens with zero attached hydrogens (tertiary/aromatic N) is 1. The second kappa shape index (κ2) is 6.58. The highest BCUT2D eigenvalue weighted by Gasteiger charge is 2.09. The van der Waals surface area contributed by atoms with Crippen LogP contribution in [0.1, 0.15) is 30.1 Å². The van der Waals surface area contributed by atoms with E-state index in [0.29, 0.717) is 24.3 Å². The minimum atomic E-state index is -0.788. The van der Waals surface area contributed by atoms with E-state index in [-0.39, 0.29) is 5.92 Å². The van der Waals surface area contributed by atoms with Crippen molar-refractivity contribution in [2.45, 2.75) is 19.8 Å². The van der Waals surface area contributed by atoms with Gasteiger partial charge in [0.25, 0.3) is 0 Å². The van der Waals surface area contributed by atoms with E-state index in [1.54, 1.807) is 19.1 Å². The molecule has 98 valence electrons. The number of primary amides is 1. The Morgan fingerprint density at radius 2 is 2.28 bits per heavy atom. The SMILES string of the molecule is CC(CCCNc1cc(C(N)=O)ccn1)C(=O)O. The summed E-state index contributed by atoms with van der Waals surface area (Å²) < 4.78 is 0. The van der Waals surface area contributed by atoms with Crippen molar-refractivity contribution in [3.05, 3.63) is 23.9 Å². The van der Waals surface area contributed by atoms with Crippen LogP contribution in [-0.2, 0) is 4.79 Å². The molecule has 1 unspecified atom stereocenters. The number of amides is 1. The van der Waals surface area contributed by atoms with E-state index in [1.165, 1.54) is 6.20 Å². The van der Waals surface area contributed by atoms with Crippen molar-refractivity contribution in [1.29, 1.82) is 0 Å². The summed E-state index contributed by atoms with van der Waals surface area (Å²) in [5, 5.41) is 11.7. The number of nitrogens with one attached hydrogen (secondary N) is 1. The molecule has 6 heteroatoms. The molecule has 0 radical (unpaired) electrons. The third kappa shape index (κ3) is 4.40. The van der Waals surface area contributed by atoms with Gasteiger partial charge in [0.15, 0.2) is 0 Å². The van der Waals surface area contributed by atoms with Crippen molar-refractivity contribution < 1.29 is 14.7 Å². The first-order valence-electron chi connectivity index (χ1n) is 5.73. The van der Waals surface area contributed by atoms with Gasteiger partial charge in [0.05, 0.1) is 5.92 Å². The summed E-state index contributed by atoms with van der Waals surface area (Å²) in [6.45, 7) is 2.28. The Balaban J connectivity index is 2.38. The van der Waals surface area contributed by atoms with Gasteiger partial charge in [-0.25, -0.2) is 4.98 Å². The zero-order valence-electron chi connectivity index (χ0n) is 10.2. The number of aromatic nitrogens is 1. The first kappa shape index (κ1) is 14.0. The number of carboxylic acids is 1. The summed E-state index contributed by atoms with van der Waals surface area (Å²) in [5.41, 5.74) is 5.55. The average Bonchev–Trinajstić information content (AvgIpc) is 2.34.